The molecule has 0 bridgehead atoms. The van der Waals surface area contributed by atoms with Gasteiger partial charge < -0.3 is 0 Å². The van der Waals surface area contributed by atoms with Crippen molar-refractivity contribution < 1.29 is 4.39 Å². The standard InChI is InChI=1S/C8H13FN2/c1-6(2)8-4-11(5-9)10-7(8)3/h4,6H,5H2,1-3H3. The smallest absolute Gasteiger partial charge is 0.181 e. The second-order valence-corrected chi connectivity index (χ2v) is 2.98. The van der Waals surface area contributed by atoms with Crippen LogP contribution in [0.25, 0.3) is 0 Å². The van der Waals surface area contributed by atoms with E-state index in [1.54, 1.807) is 6.20 Å². The molecule has 1 aromatic heterocycles. The van der Waals surface area contributed by atoms with E-state index in [0.29, 0.717) is 5.92 Å². The maximum Gasteiger partial charge on any atom is 0.181 e. The van der Waals surface area contributed by atoms with Crippen molar-refractivity contribution in [2.45, 2.75) is 33.5 Å². The lowest BCUT2D eigenvalue weighted by Crippen LogP contribution is -1.92. The van der Waals surface area contributed by atoms with Crippen molar-refractivity contribution in [1.82, 2.24) is 9.78 Å². The quantitative estimate of drug-likeness (QED) is 0.642. The molecule has 0 fully saturated rings. The van der Waals surface area contributed by atoms with Crippen molar-refractivity contribution in [2.24, 2.45) is 0 Å². The third-order valence-electron chi connectivity index (χ3n) is 1.73. The van der Waals surface area contributed by atoms with Gasteiger partial charge in [-0.2, -0.15) is 5.10 Å². The maximum atomic E-state index is 12.1. The molecule has 0 amide bonds. The fourth-order valence-electron chi connectivity index (χ4n) is 1.16. The molecular formula is C8H13FN2. The van der Waals surface area contributed by atoms with Gasteiger partial charge in [0.2, 0.25) is 0 Å². The minimum absolute atomic E-state index is 0.426. The number of aryl methyl sites for hydroxylation is 1. The molecule has 0 aliphatic heterocycles. The Morgan fingerprint density at radius 3 is 2.55 bits per heavy atom. The molecular weight excluding hydrogens is 143 g/mol. The zero-order valence-corrected chi connectivity index (χ0v) is 7.13. The van der Waals surface area contributed by atoms with Gasteiger partial charge >= 0.3 is 0 Å². The van der Waals surface area contributed by atoms with Gasteiger partial charge in [-0.05, 0) is 18.4 Å². The summed E-state index contributed by atoms with van der Waals surface area (Å²) in [5, 5.41) is 3.99. The number of hydrogen-bond acceptors (Lipinski definition) is 1. The molecule has 0 aromatic carbocycles. The SMILES string of the molecule is Cc1nn(CF)cc1C(C)C. The summed E-state index contributed by atoms with van der Waals surface area (Å²) in [7, 11) is 0. The van der Waals surface area contributed by atoms with Crippen LogP contribution in [0.5, 0.6) is 0 Å². The van der Waals surface area contributed by atoms with E-state index in [0.717, 1.165) is 11.3 Å². The van der Waals surface area contributed by atoms with E-state index < -0.39 is 6.80 Å². The van der Waals surface area contributed by atoms with Gasteiger partial charge in [-0.15, -0.1) is 0 Å². The van der Waals surface area contributed by atoms with Crippen LogP contribution in [0.15, 0.2) is 6.20 Å². The largest absolute Gasteiger partial charge is 0.241 e. The summed E-state index contributed by atoms with van der Waals surface area (Å²) in [6, 6.07) is 0. The van der Waals surface area contributed by atoms with E-state index in [4.69, 9.17) is 0 Å². The average molecular weight is 156 g/mol. The molecule has 0 spiro atoms. The van der Waals surface area contributed by atoms with Crippen LogP contribution in [0.3, 0.4) is 0 Å². The lowest BCUT2D eigenvalue weighted by molar-refractivity contribution is 0.348. The summed E-state index contributed by atoms with van der Waals surface area (Å²) < 4.78 is 13.4. The van der Waals surface area contributed by atoms with Crippen LogP contribution in [0.2, 0.25) is 0 Å². The van der Waals surface area contributed by atoms with Gasteiger partial charge in [-0.3, -0.25) is 0 Å². The van der Waals surface area contributed by atoms with Crippen LogP contribution in [0.4, 0.5) is 4.39 Å². The lowest BCUT2D eigenvalue weighted by atomic mass is 10.1. The van der Waals surface area contributed by atoms with E-state index in [-0.39, 0.29) is 0 Å². The van der Waals surface area contributed by atoms with Gasteiger partial charge in [0.05, 0.1) is 5.69 Å². The molecule has 0 aliphatic carbocycles. The third-order valence-corrected chi connectivity index (χ3v) is 1.73. The molecule has 0 unspecified atom stereocenters. The highest BCUT2D eigenvalue weighted by Gasteiger charge is 2.07. The van der Waals surface area contributed by atoms with Crippen LogP contribution in [0, 0.1) is 6.92 Å². The summed E-state index contributed by atoms with van der Waals surface area (Å²) >= 11 is 0. The predicted octanol–water partition coefficient (Wildman–Crippen LogP) is 2.24. The van der Waals surface area contributed by atoms with Crippen molar-refractivity contribution >= 4 is 0 Å². The molecule has 0 radical (unpaired) electrons. The zero-order chi connectivity index (χ0) is 8.43. The Bertz CT molecular complexity index is 240. The first kappa shape index (κ1) is 8.24. The van der Waals surface area contributed by atoms with E-state index >= 15 is 0 Å². The molecule has 0 atom stereocenters. The molecule has 62 valence electrons. The van der Waals surface area contributed by atoms with Crippen molar-refractivity contribution in [2.75, 3.05) is 0 Å². The van der Waals surface area contributed by atoms with E-state index in [9.17, 15) is 4.39 Å². The van der Waals surface area contributed by atoms with Crippen LogP contribution in [0.1, 0.15) is 31.0 Å². The van der Waals surface area contributed by atoms with E-state index in [1.807, 2.05) is 6.92 Å². The average Bonchev–Trinajstić information content (AvgIpc) is 2.30. The van der Waals surface area contributed by atoms with Crippen LogP contribution < -0.4 is 0 Å². The highest BCUT2D eigenvalue weighted by molar-refractivity contribution is 5.18. The first-order valence-electron chi connectivity index (χ1n) is 3.75. The van der Waals surface area contributed by atoms with Gasteiger partial charge in [-0.25, -0.2) is 9.07 Å². The van der Waals surface area contributed by atoms with E-state index in [1.165, 1.54) is 4.68 Å². The Hall–Kier alpha value is -0.860. The normalized spacial score (nSPS) is 11.0. The van der Waals surface area contributed by atoms with E-state index in [2.05, 4.69) is 18.9 Å². The van der Waals surface area contributed by atoms with Gasteiger partial charge in [0.1, 0.15) is 0 Å². The number of rotatable bonds is 2. The molecule has 1 rings (SSSR count). The molecule has 1 aromatic rings. The summed E-state index contributed by atoms with van der Waals surface area (Å²) in [6.45, 7) is 5.52. The van der Waals surface area contributed by atoms with Crippen LogP contribution in [-0.4, -0.2) is 9.78 Å². The van der Waals surface area contributed by atoms with Crippen molar-refractivity contribution in [3.63, 3.8) is 0 Å². The maximum absolute atomic E-state index is 12.1. The second-order valence-electron chi connectivity index (χ2n) is 2.98. The van der Waals surface area contributed by atoms with Gasteiger partial charge in [-0.1, -0.05) is 13.8 Å². The highest BCUT2D eigenvalue weighted by Crippen LogP contribution is 2.16. The number of halogens is 1. The highest BCUT2D eigenvalue weighted by atomic mass is 19.1. The molecule has 1 heterocycles. The second kappa shape index (κ2) is 3.03. The number of alkyl halides is 1. The van der Waals surface area contributed by atoms with Crippen molar-refractivity contribution in [1.29, 1.82) is 0 Å². The lowest BCUT2D eigenvalue weighted by Gasteiger charge is -1.99. The Morgan fingerprint density at radius 2 is 2.27 bits per heavy atom. The molecule has 0 saturated heterocycles. The molecule has 3 heteroatoms. The topological polar surface area (TPSA) is 17.8 Å². The van der Waals surface area contributed by atoms with Gasteiger partial charge in [0.25, 0.3) is 0 Å². The Morgan fingerprint density at radius 1 is 1.64 bits per heavy atom. The molecule has 0 saturated carbocycles. The molecule has 11 heavy (non-hydrogen) atoms. The Labute approximate surface area is 66.0 Å². The zero-order valence-electron chi connectivity index (χ0n) is 7.13. The third kappa shape index (κ3) is 1.59. The van der Waals surface area contributed by atoms with Crippen LogP contribution in [-0.2, 0) is 6.80 Å². The first-order valence-corrected chi connectivity index (χ1v) is 3.75. The fraction of sp³-hybridized carbons (Fsp3) is 0.625. The summed E-state index contributed by atoms with van der Waals surface area (Å²) in [6.07, 6.45) is 1.76. The Balaban J connectivity index is 2.97. The van der Waals surface area contributed by atoms with Gasteiger partial charge in [0, 0.05) is 6.20 Å². The summed E-state index contributed by atoms with van der Waals surface area (Å²) in [5.41, 5.74) is 2.06. The van der Waals surface area contributed by atoms with Crippen molar-refractivity contribution in [3.8, 4) is 0 Å². The number of hydrogen-bond donors (Lipinski definition) is 0. The molecule has 0 N–H and O–H groups in total. The minimum atomic E-state index is -0.534. The Kier molecular flexibility index (Phi) is 2.27. The summed E-state index contributed by atoms with van der Waals surface area (Å²) in [4.78, 5) is 0. The monoisotopic (exact) mass is 156 g/mol. The molecule has 2 nitrogen and oxygen atoms in total. The minimum Gasteiger partial charge on any atom is -0.241 e. The first-order chi connectivity index (χ1) is 5.15. The van der Waals surface area contributed by atoms with Crippen molar-refractivity contribution in [3.05, 3.63) is 17.5 Å². The summed E-state index contributed by atoms with van der Waals surface area (Å²) in [5.74, 6) is 0.426. The molecule has 0 aliphatic rings. The van der Waals surface area contributed by atoms with Crippen LogP contribution >= 0.6 is 0 Å². The number of nitrogens with zero attached hydrogens (tertiary/aromatic N) is 2. The van der Waals surface area contributed by atoms with Gasteiger partial charge in [0.15, 0.2) is 6.80 Å². The predicted molar refractivity (Wildman–Crippen MR) is 42.2 cm³/mol. The fourth-order valence-corrected chi connectivity index (χ4v) is 1.16. The number of aromatic nitrogens is 2.